The zero-order valence-corrected chi connectivity index (χ0v) is 10.2. The van der Waals surface area contributed by atoms with E-state index in [1.165, 1.54) is 0 Å². The van der Waals surface area contributed by atoms with Gasteiger partial charge in [-0.2, -0.15) is 0 Å². The molecular weight excluding hydrogens is 238 g/mol. The molecule has 2 aromatic rings. The second kappa shape index (κ2) is 3.95. The molecule has 0 saturated carbocycles. The maximum atomic E-state index is 9.12. The van der Waals surface area contributed by atoms with E-state index in [-0.39, 0.29) is 12.7 Å². The number of benzene rings is 1. The second-order valence-corrected chi connectivity index (χ2v) is 4.62. The highest BCUT2D eigenvalue weighted by molar-refractivity contribution is 6.30. The lowest BCUT2D eigenvalue weighted by atomic mass is 10.0. The Morgan fingerprint density at radius 3 is 3.12 bits per heavy atom. The molecular formula is C13H12ClNO2. The van der Waals surface area contributed by atoms with Crippen LogP contribution in [0.25, 0.3) is 10.9 Å². The highest BCUT2D eigenvalue weighted by Gasteiger charge is 2.25. The first-order valence-corrected chi connectivity index (χ1v) is 5.92. The smallest absolute Gasteiger partial charge is 0.135 e. The Balaban J connectivity index is 2.33. The maximum Gasteiger partial charge on any atom is 0.135 e. The topological polar surface area (TPSA) is 42.4 Å². The van der Waals surface area contributed by atoms with E-state index in [4.69, 9.17) is 21.4 Å². The van der Waals surface area contributed by atoms with E-state index in [1.54, 1.807) is 0 Å². The zero-order chi connectivity index (χ0) is 12.0. The van der Waals surface area contributed by atoms with Crippen LogP contribution in [0.15, 0.2) is 18.2 Å². The van der Waals surface area contributed by atoms with Crippen molar-refractivity contribution < 1.29 is 9.84 Å². The molecule has 1 unspecified atom stereocenters. The van der Waals surface area contributed by atoms with Gasteiger partial charge in [0.25, 0.3) is 0 Å². The number of hydrogen-bond donors (Lipinski definition) is 1. The van der Waals surface area contributed by atoms with Crippen molar-refractivity contribution in [3.63, 3.8) is 0 Å². The number of ether oxygens (including phenoxy) is 1. The molecule has 3 nitrogen and oxygen atoms in total. The summed E-state index contributed by atoms with van der Waals surface area (Å²) in [6.07, 6.45) is 0.00641. The van der Waals surface area contributed by atoms with Crippen molar-refractivity contribution in [1.29, 1.82) is 0 Å². The Labute approximate surface area is 104 Å². The fourth-order valence-electron chi connectivity index (χ4n) is 2.32. The number of pyridine rings is 1. The predicted octanol–water partition coefficient (Wildman–Crippen LogP) is 2.97. The van der Waals surface area contributed by atoms with Gasteiger partial charge in [0.2, 0.25) is 0 Å². The van der Waals surface area contributed by atoms with Crippen LogP contribution in [0.1, 0.15) is 29.7 Å². The summed E-state index contributed by atoms with van der Waals surface area (Å²) < 4.78 is 5.59. The minimum Gasteiger partial charge on any atom is -0.392 e. The molecule has 0 radical (unpaired) electrons. The largest absolute Gasteiger partial charge is 0.392 e. The molecule has 1 N–H and O–H groups in total. The third kappa shape index (κ3) is 1.62. The molecule has 1 aromatic carbocycles. The van der Waals surface area contributed by atoms with E-state index in [2.05, 4.69) is 4.98 Å². The molecule has 0 aliphatic carbocycles. The van der Waals surface area contributed by atoms with Crippen LogP contribution in [0.4, 0.5) is 0 Å². The Hall–Kier alpha value is -1.16. The highest BCUT2D eigenvalue weighted by Crippen LogP contribution is 2.38. The second-order valence-electron chi connectivity index (χ2n) is 4.26. The summed E-state index contributed by atoms with van der Waals surface area (Å²) in [5.41, 5.74) is 3.78. The van der Waals surface area contributed by atoms with E-state index in [0.29, 0.717) is 11.8 Å². The number of hydrogen-bond acceptors (Lipinski definition) is 3. The number of fused-ring (bicyclic) bond motifs is 3. The molecule has 17 heavy (non-hydrogen) atoms. The molecule has 1 aliphatic heterocycles. The first-order valence-electron chi connectivity index (χ1n) is 5.54. The summed E-state index contributed by atoms with van der Waals surface area (Å²) in [4.78, 5) is 4.38. The fourth-order valence-corrected chi connectivity index (χ4v) is 2.68. The minimum absolute atomic E-state index is 0.00641. The summed E-state index contributed by atoms with van der Waals surface area (Å²) in [7, 11) is 0. The molecule has 0 fully saturated rings. The number of halogens is 1. The Kier molecular flexibility index (Phi) is 2.54. The Morgan fingerprint density at radius 1 is 1.53 bits per heavy atom. The molecule has 0 spiro atoms. The van der Waals surface area contributed by atoms with Crippen LogP contribution in [0.3, 0.4) is 0 Å². The fraction of sp³-hybridized carbons (Fsp3) is 0.308. The molecule has 3 rings (SSSR count). The normalized spacial score (nSPS) is 18.6. The van der Waals surface area contributed by atoms with Crippen molar-refractivity contribution >= 4 is 22.5 Å². The van der Waals surface area contributed by atoms with Gasteiger partial charge in [0.05, 0.1) is 24.8 Å². The van der Waals surface area contributed by atoms with Crippen molar-refractivity contribution in [2.24, 2.45) is 0 Å². The van der Waals surface area contributed by atoms with Crippen molar-refractivity contribution in [3.05, 3.63) is 40.0 Å². The number of aromatic nitrogens is 1. The highest BCUT2D eigenvalue weighted by atomic mass is 35.5. The molecule has 4 heteroatoms. The summed E-state index contributed by atoms with van der Waals surface area (Å²) in [6, 6.07) is 5.75. The van der Waals surface area contributed by atoms with Crippen LogP contribution in [0.2, 0.25) is 5.15 Å². The molecule has 1 atom stereocenters. The van der Waals surface area contributed by atoms with Crippen LogP contribution >= 0.6 is 11.6 Å². The lowest BCUT2D eigenvalue weighted by molar-refractivity contribution is 0.0799. The molecule has 0 saturated heterocycles. The number of rotatable bonds is 1. The van der Waals surface area contributed by atoms with Gasteiger partial charge in [-0.15, -0.1) is 0 Å². The van der Waals surface area contributed by atoms with Gasteiger partial charge < -0.3 is 9.84 Å². The van der Waals surface area contributed by atoms with Crippen molar-refractivity contribution in [2.75, 3.05) is 0 Å². The van der Waals surface area contributed by atoms with Gasteiger partial charge in [-0.1, -0.05) is 23.7 Å². The van der Waals surface area contributed by atoms with Crippen LogP contribution in [-0.4, -0.2) is 10.1 Å². The van der Waals surface area contributed by atoms with E-state index in [1.807, 2.05) is 25.1 Å². The molecule has 1 aromatic heterocycles. The quantitative estimate of drug-likeness (QED) is 0.790. The van der Waals surface area contributed by atoms with Crippen LogP contribution in [0, 0.1) is 0 Å². The van der Waals surface area contributed by atoms with Gasteiger partial charge in [0.15, 0.2) is 0 Å². The molecule has 2 heterocycles. The van der Waals surface area contributed by atoms with Gasteiger partial charge in [0.1, 0.15) is 5.15 Å². The molecule has 1 aliphatic rings. The van der Waals surface area contributed by atoms with Gasteiger partial charge in [-0.25, -0.2) is 4.98 Å². The summed E-state index contributed by atoms with van der Waals surface area (Å²) in [5, 5.41) is 10.7. The first-order chi connectivity index (χ1) is 8.20. The zero-order valence-electron chi connectivity index (χ0n) is 9.40. The standard InChI is InChI=1S/C13H12ClNO2/c1-7-12-10(6-17-7)9-3-2-8(5-16)4-11(9)15-13(12)14/h2-4,7,16H,5-6H2,1H3. The summed E-state index contributed by atoms with van der Waals surface area (Å²) >= 11 is 6.19. The SMILES string of the molecule is CC1OCc2c1c(Cl)nc1cc(CO)ccc21. The van der Waals surface area contributed by atoms with Gasteiger partial charge >= 0.3 is 0 Å². The summed E-state index contributed by atoms with van der Waals surface area (Å²) in [5.74, 6) is 0. The van der Waals surface area contributed by atoms with E-state index >= 15 is 0 Å². The third-order valence-corrected chi connectivity index (χ3v) is 3.51. The van der Waals surface area contributed by atoms with E-state index in [0.717, 1.165) is 27.6 Å². The average molecular weight is 250 g/mol. The van der Waals surface area contributed by atoms with Crippen molar-refractivity contribution in [3.8, 4) is 0 Å². The summed E-state index contributed by atoms with van der Waals surface area (Å²) in [6.45, 7) is 2.57. The van der Waals surface area contributed by atoms with Crippen LogP contribution in [-0.2, 0) is 18.0 Å². The van der Waals surface area contributed by atoms with Crippen LogP contribution in [0.5, 0.6) is 0 Å². The van der Waals surface area contributed by atoms with Crippen molar-refractivity contribution in [2.45, 2.75) is 26.2 Å². The predicted molar refractivity (Wildman–Crippen MR) is 65.9 cm³/mol. The lowest BCUT2D eigenvalue weighted by Gasteiger charge is -2.08. The first kappa shape index (κ1) is 11.0. The monoisotopic (exact) mass is 249 g/mol. The number of nitrogens with zero attached hydrogens (tertiary/aromatic N) is 1. The lowest BCUT2D eigenvalue weighted by Crippen LogP contribution is -1.95. The van der Waals surface area contributed by atoms with E-state index < -0.39 is 0 Å². The maximum absolute atomic E-state index is 9.12. The molecule has 0 amide bonds. The number of aliphatic hydroxyl groups is 1. The van der Waals surface area contributed by atoms with Crippen molar-refractivity contribution in [1.82, 2.24) is 4.98 Å². The van der Waals surface area contributed by atoms with Crippen LogP contribution < -0.4 is 0 Å². The van der Waals surface area contributed by atoms with Gasteiger partial charge in [0, 0.05) is 10.9 Å². The Morgan fingerprint density at radius 2 is 2.35 bits per heavy atom. The molecule has 88 valence electrons. The molecule has 0 bridgehead atoms. The van der Waals surface area contributed by atoms with Gasteiger partial charge in [-0.05, 0) is 24.1 Å². The third-order valence-electron chi connectivity index (χ3n) is 3.22. The van der Waals surface area contributed by atoms with Gasteiger partial charge in [-0.3, -0.25) is 0 Å². The number of aliphatic hydroxyl groups excluding tert-OH is 1. The Bertz CT molecular complexity index is 597. The minimum atomic E-state index is 0.00641. The average Bonchev–Trinajstić information content (AvgIpc) is 2.71. The van der Waals surface area contributed by atoms with E-state index in [9.17, 15) is 0 Å².